The number of nitrogens with one attached hydrogen (secondary N) is 1. The third kappa shape index (κ3) is 8.94. The Hall–Kier alpha value is -5.11. The van der Waals surface area contributed by atoms with Gasteiger partial charge in [0.15, 0.2) is 12.2 Å². The Morgan fingerprint density at radius 2 is 1.27 bits per heavy atom. The van der Waals surface area contributed by atoms with E-state index in [1.54, 1.807) is 0 Å². The highest BCUT2D eigenvalue weighted by atomic mass is 16.7. The molecule has 0 saturated heterocycles. The maximum absolute atomic E-state index is 13.2. The second-order valence-electron chi connectivity index (χ2n) is 10.6. The van der Waals surface area contributed by atoms with Crippen molar-refractivity contribution >= 4 is 18.1 Å². The first-order valence-corrected chi connectivity index (χ1v) is 14.7. The third-order valence-electron chi connectivity index (χ3n) is 7.22. The van der Waals surface area contributed by atoms with Crippen molar-refractivity contribution in [1.82, 2.24) is 5.32 Å². The van der Waals surface area contributed by atoms with Crippen LogP contribution in [0.2, 0.25) is 0 Å². The molecule has 0 aliphatic carbocycles. The van der Waals surface area contributed by atoms with Gasteiger partial charge in [0.2, 0.25) is 0 Å². The average molecular weight is 593 g/mol. The van der Waals surface area contributed by atoms with E-state index in [4.69, 9.17) is 23.9 Å². The van der Waals surface area contributed by atoms with E-state index < -0.39 is 36.4 Å². The number of nitrogens with zero attached hydrogens (tertiary/aromatic N) is 1. The molecule has 8 nitrogen and oxygen atoms in total. The highest BCUT2D eigenvalue weighted by Crippen LogP contribution is 2.27. The lowest BCUT2D eigenvalue weighted by Gasteiger charge is -2.39. The maximum Gasteiger partial charge on any atom is 0.407 e. The van der Waals surface area contributed by atoms with Crippen molar-refractivity contribution in [2.24, 2.45) is 4.99 Å². The van der Waals surface area contributed by atoms with Crippen molar-refractivity contribution in [3.05, 3.63) is 144 Å². The van der Waals surface area contributed by atoms with E-state index in [0.717, 1.165) is 22.3 Å². The molecule has 0 radical (unpaired) electrons. The van der Waals surface area contributed by atoms with Gasteiger partial charge in [-0.1, -0.05) is 121 Å². The molecule has 1 amide bonds. The topological polar surface area (TPSA) is 95.5 Å². The number of benzene rings is 4. The zero-order valence-electron chi connectivity index (χ0n) is 24.6. The summed E-state index contributed by atoms with van der Waals surface area (Å²) in [5.74, 6) is -0.476. The Balaban J connectivity index is 1.44. The third-order valence-corrected chi connectivity index (χ3v) is 7.22. The van der Waals surface area contributed by atoms with Gasteiger partial charge in [-0.2, -0.15) is 0 Å². The van der Waals surface area contributed by atoms with E-state index in [-0.39, 0.29) is 19.3 Å². The molecular formula is C36H36N2O6. The minimum absolute atomic E-state index is 0.0701. The van der Waals surface area contributed by atoms with Crippen LogP contribution in [0.1, 0.15) is 29.2 Å². The second-order valence-corrected chi connectivity index (χ2v) is 10.6. The van der Waals surface area contributed by atoms with Crippen molar-refractivity contribution in [3.8, 4) is 0 Å². The number of hydrogen-bond acceptors (Lipinski definition) is 7. The molecule has 5 rings (SSSR count). The minimum atomic E-state index is -0.833. The number of amides is 1. The van der Waals surface area contributed by atoms with Crippen LogP contribution in [0.3, 0.4) is 0 Å². The van der Waals surface area contributed by atoms with Gasteiger partial charge in [-0.3, -0.25) is 4.79 Å². The van der Waals surface area contributed by atoms with E-state index in [2.05, 4.69) is 5.32 Å². The van der Waals surface area contributed by atoms with Crippen LogP contribution in [0.25, 0.3) is 0 Å². The van der Waals surface area contributed by atoms with E-state index in [9.17, 15) is 9.59 Å². The van der Waals surface area contributed by atoms with Crippen LogP contribution < -0.4 is 5.32 Å². The van der Waals surface area contributed by atoms with Crippen molar-refractivity contribution in [2.45, 2.75) is 57.3 Å². The van der Waals surface area contributed by atoms with Gasteiger partial charge in [0.25, 0.3) is 0 Å². The molecule has 226 valence electrons. The molecule has 1 N–H and O–H groups in total. The summed E-state index contributed by atoms with van der Waals surface area (Å²) in [4.78, 5) is 30.4. The molecule has 0 fully saturated rings. The van der Waals surface area contributed by atoms with E-state index in [0.29, 0.717) is 12.8 Å². The summed E-state index contributed by atoms with van der Waals surface area (Å²) in [6.07, 6.45) is -1.35. The molecule has 0 spiro atoms. The first kappa shape index (κ1) is 30.4. The molecule has 4 aromatic carbocycles. The Labute approximate surface area is 257 Å². The first-order chi connectivity index (χ1) is 21.5. The lowest BCUT2D eigenvalue weighted by atomic mass is 9.90. The Morgan fingerprint density at radius 1 is 0.750 bits per heavy atom. The Morgan fingerprint density at radius 3 is 1.84 bits per heavy atom. The van der Waals surface area contributed by atoms with Gasteiger partial charge in [0, 0.05) is 6.92 Å². The molecular weight excluding hydrogens is 556 g/mol. The lowest BCUT2D eigenvalue weighted by Crippen LogP contribution is -2.58. The molecule has 1 aliphatic rings. The van der Waals surface area contributed by atoms with Crippen molar-refractivity contribution in [2.75, 3.05) is 0 Å². The summed E-state index contributed by atoms with van der Waals surface area (Å²) in [6.45, 7) is 1.70. The Kier molecular flexibility index (Phi) is 10.6. The SMILES string of the molecule is CC(=O)O[C@H]1[C@H]([C@H](Cc2ccccc2)NC(=O)OCc2ccccc2)OC(OCc2ccccc2)=N[C@H]1Cc1ccccc1. The van der Waals surface area contributed by atoms with Crippen LogP contribution in [0, 0.1) is 0 Å². The lowest BCUT2D eigenvalue weighted by molar-refractivity contribution is -0.157. The minimum Gasteiger partial charge on any atom is -0.456 e. The number of carbonyl (C=O) groups is 2. The molecule has 4 aromatic rings. The van der Waals surface area contributed by atoms with Crippen LogP contribution in [0.5, 0.6) is 0 Å². The van der Waals surface area contributed by atoms with Crippen molar-refractivity contribution in [3.63, 3.8) is 0 Å². The van der Waals surface area contributed by atoms with Crippen LogP contribution in [-0.4, -0.2) is 42.4 Å². The average Bonchev–Trinajstić information content (AvgIpc) is 3.05. The monoisotopic (exact) mass is 592 g/mol. The van der Waals surface area contributed by atoms with Gasteiger partial charge >= 0.3 is 18.1 Å². The number of carbonyl (C=O) groups excluding carboxylic acids is 2. The summed E-state index contributed by atoms with van der Waals surface area (Å²) in [5.41, 5.74) is 3.78. The summed E-state index contributed by atoms with van der Waals surface area (Å²) in [6, 6.07) is 37.5. The number of aliphatic imine (C=N–C) groups is 1. The van der Waals surface area contributed by atoms with Crippen LogP contribution >= 0.6 is 0 Å². The number of rotatable bonds is 11. The van der Waals surface area contributed by atoms with E-state index >= 15 is 0 Å². The molecule has 1 aliphatic heterocycles. The summed E-state index contributed by atoms with van der Waals surface area (Å²) < 4.78 is 23.9. The van der Waals surface area contributed by atoms with E-state index in [1.807, 2.05) is 121 Å². The molecule has 8 heteroatoms. The van der Waals surface area contributed by atoms with Gasteiger partial charge in [0.1, 0.15) is 19.3 Å². The summed E-state index contributed by atoms with van der Waals surface area (Å²) >= 11 is 0. The quantitative estimate of drug-likeness (QED) is 0.214. The van der Waals surface area contributed by atoms with Crippen molar-refractivity contribution < 1.29 is 28.5 Å². The van der Waals surface area contributed by atoms with Gasteiger partial charge in [-0.25, -0.2) is 9.79 Å². The standard InChI is InChI=1S/C36H36N2O6/c1-26(39)43-33-32(23-28-16-8-3-9-17-28)38-36(42-25-30-20-12-5-13-21-30)44-34(33)31(22-27-14-6-2-7-15-27)37-35(40)41-24-29-18-10-4-11-19-29/h2-21,31-34H,22-25H2,1H3,(H,37,40)/t31-,32-,33+,34-/m0/s1. The molecule has 0 saturated carbocycles. The zero-order valence-corrected chi connectivity index (χ0v) is 24.6. The number of ether oxygens (including phenoxy) is 4. The smallest absolute Gasteiger partial charge is 0.407 e. The first-order valence-electron chi connectivity index (χ1n) is 14.7. The normalized spacial score (nSPS) is 18.2. The van der Waals surface area contributed by atoms with Crippen LogP contribution in [0.4, 0.5) is 4.79 Å². The van der Waals surface area contributed by atoms with Gasteiger partial charge < -0.3 is 24.3 Å². The second kappa shape index (κ2) is 15.4. The summed E-state index contributed by atoms with van der Waals surface area (Å²) in [5, 5.41) is 3.00. The number of esters is 1. The summed E-state index contributed by atoms with van der Waals surface area (Å²) in [7, 11) is 0. The fraction of sp³-hybridized carbons (Fsp3) is 0.250. The maximum atomic E-state index is 13.2. The highest BCUT2D eigenvalue weighted by Gasteiger charge is 2.44. The number of hydrogen-bond donors (Lipinski definition) is 1. The van der Waals surface area contributed by atoms with Crippen LogP contribution in [-0.2, 0) is 49.8 Å². The predicted octanol–water partition coefficient (Wildman–Crippen LogP) is 6.04. The molecule has 0 aromatic heterocycles. The van der Waals surface area contributed by atoms with E-state index in [1.165, 1.54) is 6.92 Å². The molecule has 44 heavy (non-hydrogen) atoms. The number of alkyl carbamates (subject to hydrolysis) is 1. The zero-order chi connectivity index (χ0) is 30.6. The van der Waals surface area contributed by atoms with Gasteiger partial charge in [-0.05, 0) is 35.1 Å². The molecule has 1 heterocycles. The molecule has 4 atom stereocenters. The van der Waals surface area contributed by atoms with Gasteiger partial charge in [-0.15, -0.1) is 0 Å². The fourth-order valence-electron chi connectivity index (χ4n) is 5.13. The largest absolute Gasteiger partial charge is 0.456 e. The molecule has 0 unspecified atom stereocenters. The fourth-order valence-corrected chi connectivity index (χ4v) is 5.13. The Bertz CT molecular complexity index is 1500. The molecule has 0 bridgehead atoms. The van der Waals surface area contributed by atoms with Gasteiger partial charge in [0.05, 0.1) is 6.04 Å². The van der Waals surface area contributed by atoms with Crippen LogP contribution in [0.15, 0.2) is 126 Å². The highest BCUT2D eigenvalue weighted by molar-refractivity contribution is 5.71. The van der Waals surface area contributed by atoms with Crippen molar-refractivity contribution in [1.29, 1.82) is 0 Å². The predicted molar refractivity (Wildman–Crippen MR) is 167 cm³/mol.